The van der Waals surface area contributed by atoms with Crippen LogP contribution < -0.4 is 15.4 Å². The number of ether oxygens (including phenoxy) is 1. The van der Waals surface area contributed by atoms with E-state index in [2.05, 4.69) is 40.4 Å². The van der Waals surface area contributed by atoms with Crippen LogP contribution in [0, 0.1) is 11.8 Å². The Morgan fingerprint density at radius 3 is 2.70 bits per heavy atom. The summed E-state index contributed by atoms with van der Waals surface area (Å²) in [5.74, 6) is 1.54. The Morgan fingerprint density at radius 1 is 1.30 bits per heavy atom. The maximum Gasteiger partial charge on any atom is 0.261 e. The van der Waals surface area contributed by atoms with Gasteiger partial charge in [0.1, 0.15) is 11.4 Å². The number of rotatable bonds is 0. The van der Waals surface area contributed by atoms with E-state index in [0.29, 0.717) is 34.8 Å². The van der Waals surface area contributed by atoms with Crippen molar-refractivity contribution in [2.45, 2.75) is 38.7 Å². The molecule has 0 bridgehead atoms. The average molecular weight is 397 g/mol. The maximum atomic E-state index is 12.4. The molecule has 6 heteroatoms. The minimum atomic E-state index is -0.337. The molecule has 0 saturated heterocycles. The fraction of sp³-hybridized carbons (Fsp3) is 0.529. The van der Waals surface area contributed by atoms with Crippen molar-refractivity contribution in [1.82, 2.24) is 10.6 Å². The average Bonchev–Trinajstić information content (AvgIpc) is 2.49. The van der Waals surface area contributed by atoms with E-state index < -0.39 is 0 Å². The molecule has 2 N–H and O–H groups in total. The van der Waals surface area contributed by atoms with Crippen LogP contribution >= 0.6 is 28.1 Å². The first-order chi connectivity index (χ1) is 10.9. The van der Waals surface area contributed by atoms with Gasteiger partial charge in [-0.3, -0.25) is 10.1 Å². The van der Waals surface area contributed by atoms with Crippen molar-refractivity contribution in [2.24, 2.45) is 11.8 Å². The smallest absolute Gasteiger partial charge is 0.261 e. The first-order valence-electron chi connectivity index (χ1n) is 7.95. The SMILES string of the molecule is CC1CC(C)CC2(CNC(=S)NC(=O)c3cc(Br)ccc3O2)C1. The lowest BCUT2D eigenvalue weighted by Gasteiger charge is -2.43. The molecule has 2 atom stereocenters. The van der Waals surface area contributed by atoms with E-state index in [4.69, 9.17) is 17.0 Å². The molecule has 23 heavy (non-hydrogen) atoms. The van der Waals surface area contributed by atoms with Gasteiger partial charge in [0.2, 0.25) is 0 Å². The summed E-state index contributed by atoms with van der Waals surface area (Å²) in [7, 11) is 0. The highest BCUT2D eigenvalue weighted by Gasteiger charge is 2.41. The normalized spacial score (nSPS) is 31.1. The van der Waals surface area contributed by atoms with Gasteiger partial charge in [-0.15, -0.1) is 0 Å². The van der Waals surface area contributed by atoms with E-state index >= 15 is 0 Å². The fourth-order valence-electron chi connectivity index (χ4n) is 3.93. The molecule has 1 aromatic rings. The summed E-state index contributed by atoms with van der Waals surface area (Å²) in [5, 5.41) is 6.26. The van der Waals surface area contributed by atoms with Crippen molar-refractivity contribution in [3.05, 3.63) is 28.2 Å². The van der Waals surface area contributed by atoms with Crippen LogP contribution in [0.5, 0.6) is 5.75 Å². The summed E-state index contributed by atoms with van der Waals surface area (Å²) in [6.07, 6.45) is 3.12. The predicted octanol–water partition coefficient (Wildman–Crippen LogP) is 3.64. The zero-order valence-electron chi connectivity index (χ0n) is 13.3. The highest BCUT2D eigenvalue weighted by Crippen LogP contribution is 2.40. The fourth-order valence-corrected chi connectivity index (χ4v) is 4.45. The topological polar surface area (TPSA) is 50.4 Å². The summed E-state index contributed by atoms with van der Waals surface area (Å²) in [6, 6.07) is 5.54. The summed E-state index contributed by atoms with van der Waals surface area (Å²) >= 11 is 8.67. The first-order valence-corrected chi connectivity index (χ1v) is 9.15. The molecule has 124 valence electrons. The molecule has 1 fully saturated rings. The molecule has 2 unspecified atom stereocenters. The minimum absolute atomic E-state index is 0.243. The van der Waals surface area contributed by atoms with E-state index in [0.717, 1.165) is 17.3 Å². The van der Waals surface area contributed by atoms with Gasteiger partial charge in [-0.05, 0) is 61.5 Å². The van der Waals surface area contributed by atoms with Crippen molar-refractivity contribution in [1.29, 1.82) is 0 Å². The summed E-state index contributed by atoms with van der Waals surface area (Å²) in [6.45, 7) is 5.13. The molecule has 1 aromatic carbocycles. The highest BCUT2D eigenvalue weighted by molar-refractivity contribution is 9.10. The minimum Gasteiger partial charge on any atom is -0.485 e. The second kappa shape index (κ2) is 6.40. The molecule has 0 radical (unpaired) electrons. The molecular formula is C17H21BrN2O2S. The van der Waals surface area contributed by atoms with Gasteiger partial charge in [-0.2, -0.15) is 0 Å². The number of carbonyl (C=O) groups is 1. The van der Waals surface area contributed by atoms with Crippen LogP contribution in [0.1, 0.15) is 43.5 Å². The standard InChI is InChI=1S/C17H21BrN2O2S/c1-10-5-11(2)8-17(7-10)9-19-16(23)20-15(21)13-6-12(18)3-4-14(13)22-17/h3-4,6,10-11H,5,7-9H2,1-2H3,(H2,19,20,21,23). The van der Waals surface area contributed by atoms with Crippen LogP contribution in [0.25, 0.3) is 0 Å². The Labute approximate surface area is 150 Å². The van der Waals surface area contributed by atoms with E-state index in [-0.39, 0.29) is 11.5 Å². The monoisotopic (exact) mass is 396 g/mol. The van der Waals surface area contributed by atoms with Gasteiger partial charge in [0.05, 0.1) is 12.1 Å². The van der Waals surface area contributed by atoms with Crippen molar-refractivity contribution < 1.29 is 9.53 Å². The van der Waals surface area contributed by atoms with Gasteiger partial charge in [-0.1, -0.05) is 29.8 Å². The van der Waals surface area contributed by atoms with E-state index in [1.165, 1.54) is 6.42 Å². The third-order valence-corrected chi connectivity index (χ3v) is 5.30. The molecule has 2 aliphatic rings. The number of hydrogen-bond acceptors (Lipinski definition) is 3. The number of halogens is 1. The van der Waals surface area contributed by atoms with E-state index in [1.54, 1.807) is 6.07 Å². The lowest BCUT2D eigenvalue weighted by molar-refractivity contribution is -0.00365. The van der Waals surface area contributed by atoms with Gasteiger partial charge in [0, 0.05) is 4.47 Å². The molecule has 1 aliphatic heterocycles. The number of fused-ring (bicyclic) bond motifs is 1. The molecule has 0 aromatic heterocycles. The number of thiocarbonyl (C=S) groups is 1. The van der Waals surface area contributed by atoms with Gasteiger partial charge in [-0.25, -0.2) is 0 Å². The van der Waals surface area contributed by atoms with Crippen LogP contribution in [-0.2, 0) is 0 Å². The third-order valence-electron chi connectivity index (χ3n) is 4.56. The maximum absolute atomic E-state index is 12.4. The molecule has 4 nitrogen and oxygen atoms in total. The zero-order chi connectivity index (χ0) is 16.6. The zero-order valence-corrected chi connectivity index (χ0v) is 15.7. The van der Waals surface area contributed by atoms with Crippen LogP contribution in [0.2, 0.25) is 0 Å². The van der Waals surface area contributed by atoms with E-state index in [1.807, 2.05) is 12.1 Å². The van der Waals surface area contributed by atoms with Crippen molar-refractivity contribution in [2.75, 3.05) is 6.54 Å². The highest BCUT2D eigenvalue weighted by atomic mass is 79.9. The quantitative estimate of drug-likeness (QED) is 0.657. The molecule has 1 amide bonds. The largest absolute Gasteiger partial charge is 0.485 e. The summed E-state index contributed by atoms with van der Waals surface area (Å²) in [4.78, 5) is 12.4. The predicted molar refractivity (Wildman–Crippen MR) is 97.7 cm³/mol. The van der Waals surface area contributed by atoms with Crippen LogP contribution in [0.3, 0.4) is 0 Å². The third kappa shape index (κ3) is 3.69. The summed E-state index contributed by atoms with van der Waals surface area (Å²) in [5.41, 5.74) is 0.173. The Balaban J connectivity index is 2.03. The van der Waals surface area contributed by atoms with Crippen molar-refractivity contribution in [3.8, 4) is 5.75 Å². The Bertz CT molecular complexity index is 639. The van der Waals surface area contributed by atoms with Crippen molar-refractivity contribution in [3.63, 3.8) is 0 Å². The Hall–Kier alpha value is -1.14. The van der Waals surface area contributed by atoms with E-state index in [9.17, 15) is 4.79 Å². The lowest BCUT2D eigenvalue weighted by Crippen LogP contribution is -2.52. The molecular weight excluding hydrogens is 376 g/mol. The molecule has 1 aliphatic carbocycles. The molecule has 1 spiro atoms. The number of benzene rings is 1. The van der Waals surface area contributed by atoms with Crippen molar-refractivity contribution >= 4 is 39.2 Å². The van der Waals surface area contributed by atoms with Gasteiger partial charge in [0.15, 0.2) is 5.11 Å². The Kier molecular flexibility index (Phi) is 4.65. The van der Waals surface area contributed by atoms with Crippen LogP contribution in [0.4, 0.5) is 0 Å². The number of carbonyl (C=O) groups excluding carboxylic acids is 1. The second-order valence-corrected chi connectivity index (χ2v) is 8.24. The molecule has 3 rings (SSSR count). The van der Waals surface area contributed by atoms with Gasteiger partial charge in [0.25, 0.3) is 5.91 Å². The second-order valence-electron chi connectivity index (χ2n) is 6.92. The number of nitrogens with one attached hydrogen (secondary N) is 2. The summed E-state index contributed by atoms with van der Waals surface area (Å²) < 4.78 is 7.30. The number of amides is 1. The lowest BCUT2D eigenvalue weighted by atomic mass is 9.73. The van der Waals surface area contributed by atoms with Crippen LogP contribution in [0.15, 0.2) is 22.7 Å². The first kappa shape index (κ1) is 16.7. The van der Waals surface area contributed by atoms with Gasteiger partial charge < -0.3 is 10.1 Å². The Morgan fingerprint density at radius 2 is 2.00 bits per heavy atom. The van der Waals surface area contributed by atoms with Gasteiger partial charge >= 0.3 is 0 Å². The molecule has 1 heterocycles. The number of hydrogen-bond donors (Lipinski definition) is 2. The van der Waals surface area contributed by atoms with Crippen LogP contribution in [-0.4, -0.2) is 23.2 Å². The molecule has 1 saturated carbocycles.